The standard InChI is InChI=1S/C17H18O4S/c1-11-7-15(16(22-11)17(18)19)13-4-2-3-12(8-13)9-21-14-5-6-20-10-14/h2-4,7-8,14H,5-6,9-10H2,1H3,(H,18,19). The predicted molar refractivity (Wildman–Crippen MR) is 85.5 cm³/mol. The Morgan fingerprint density at radius 3 is 3.05 bits per heavy atom. The van der Waals surface area contributed by atoms with Gasteiger partial charge in [0.05, 0.1) is 19.3 Å². The second-order valence-electron chi connectivity index (χ2n) is 5.40. The maximum Gasteiger partial charge on any atom is 0.346 e. The van der Waals surface area contributed by atoms with Gasteiger partial charge in [-0.2, -0.15) is 0 Å². The Labute approximate surface area is 133 Å². The van der Waals surface area contributed by atoms with Crippen molar-refractivity contribution in [2.75, 3.05) is 13.2 Å². The normalized spacial score (nSPS) is 17.8. The molecule has 1 N–H and O–H groups in total. The van der Waals surface area contributed by atoms with Crippen LogP contribution in [0.5, 0.6) is 0 Å². The Morgan fingerprint density at radius 1 is 1.45 bits per heavy atom. The molecule has 1 saturated heterocycles. The molecule has 1 fully saturated rings. The van der Waals surface area contributed by atoms with Crippen LogP contribution in [-0.4, -0.2) is 30.4 Å². The summed E-state index contributed by atoms with van der Waals surface area (Å²) in [6.45, 7) is 3.87. The van der Waals surface area contributed by atoms with Crippen molar-refractivity contribution in [1.29, 1.82) is 0 Å². The van der Waals surface area contributed by atoms with Gasteiger partial charge in [-0.25, -0.2) is 4.79 Å². The van der Waals surface area contributed by atoms with E-state index in [4.69, 9.17) is 9.47 Å². The molecule has 116 valence electrons. The van der Waals surface area contributed by atoms with E-state index >= 15 is 0 Å². The molecular formula is C17H18O4S. The molecule has 4 nitrogen and oxygen atoms in total. The van der Waals surface area contributed by atoms with Gasteiger partial charge < -0.3 is 14.6 Å². The summed E-state index contributed by atoms with van der Waals surface area (Å²) in [6, 6.07) is 9.82. The summed E-state index contributed by atoms with van der Waals surface area (Å²) in [5.74, 6) is -0.877. The molecule has 0 aliphatic carbocycles. The zero-order chi connectivity index (χ0) is 15.5. The third-order valence-corrected chi connectivity index (χ3v) is 4.70. The fourth-order valence-corrected chi connectivity index (χ4v) is 3.45. The summed E-state index contributed by atoms with van der Waals surface area (Å²) in [5, 5.41) is 9.33. The number of hydrogen-bond acceptors (Lipinski definition) is 4. The minimum absolute atomic E-state index is 0.168. The van der Waals surface area contributed by atoms with E-state index in [1.165, 1.54) is 11.3 Å². The van der Waals surface area contributed by atoms with Crippen LogP contribution in [0.15, 0.2) is 30.3 Å². The number of thiophene rings is 1. The molecule has 0 spiro atoms. The van der Waals surface area contributed by atoms with Crippen molar-refractivity contribution in [2.45, 2.75) is 26.1 Å². The Bertz CT molecular complexity index is 671. The minimum atomic E-state index is -0.877. The van der Waals surface area contributed by atoms with Crippen LogP contribution in [0, 0.1) is 6.92 Å². The van der Waals surface area contributed by atoms with Gasteiger partial charge in [-0.05, 0) is 36.6 Å². The summed E-state index contributed by atoms with van der Waals surface area (Å²) < 4.78 is 11.1. The number of carboxylic acids is 1. The van der Waals surface area contributed by atoms with Gasteiger partial charge in [0.2, 0.25) is 0 Å². The molecule has 1 atom stereocenters. The molecule has 1 aromatic carbocycles. The van der Waals surface area contributed by atoms with Gasteiger partial charge in [0.15, 0.2) is 0 Å². The van der Waals surface area contributed by atoms with Crippen molar-refractivity contribution in [2.24, 2.45) is 0 Å². The quantitative estimate of drug-likeness (QED) is 0.912. The number of aromatic carboxylic acids is 1. The first kappa shape index (κ1) is 15.2. The second-order valence-corrected chi connectivity index (χ2v) is 6.66. The SMILES string of the molecule is Cc1cc(-c2cccc(COC3CCOC3)c2)c(C(=O)O)s1. The zero-order valence-corrected chi connectivity index (χ0v) is 13.2. The average molecular weight is 318 g/mol. The van der Waals surface area contributed by atoms with Crippen LogP contribution < -0.4 is 0 Å². The van der Waals surface area contributed by atoms with Crippen LogP contribution >= 0.6 is 11.3 Å². The molecule has 3 rings (SSSR count). The van der Waals surface area contributed by atoms with Crippen molar-refractivity contribution >= 4 is 17.3 Å². The van der Waals surface area contributed by atoms with E-state index in [1.54, 1.807) is 0 Å². The monoisotopic (exact) mass is 318 g/mol. The lowest BCUT2D eigenvalue weighted by Gasteiger charge is -2.10. The van der Waals surface area contributed by atoms with Gasteiger partial charge in [-0.3, -0.25) is 0 Å². The average Bonchev–Trinajstić information content (AvgIpc) is 3.14. The summed E-state index contributed by atoms with van der Waals surface area (Å²) >= 11 is 1.31. The Balaban J connectivity index is 1.80. The highest BCUT2D eigenvalue weighted by atomic mass is 32.1. The van der Waals surface area contributed by atoms with Gasteiger partial charge in [0.1, 0.15) is 4.88 Å². The molecule has 0 saturated carbocycles. The van der Waals surface area contributed by atoms with E-state index in [0.29, 0.717) is 18.1 Å². The maximum absolute atomic E-state index is 11.4. The first-order valence-corrected chi connectivity index (χ1v) is 8.07. The molecule has 0 bridgehead atoms. The first-order chi connectivity index (χ1) is 10.6. The minimum Gasteiger partial charge on any atom is -0.477 e. The van der Waals surface area contributed by atoms with Crippen molar-refractivity contribution in [3.63, 3.8) is 0 Å². The molecule has 1 unspecified atom stereocenters. The number of hydrogen-bond donors (Lipinski definition) is 1. The van der Waals surface area contributed by atoms with Crippen LogP contribution in [-0.2, 0) is 16.1 Å². The lowest BCUT2D eigenvalue weighted by molar-refractivity contribution is 0.0318. The lowest BCUT2D eigenvalue weighted by atomic mass is 10.0. The highest BCUT2D eigenvalue weighted by Crippen LogP contribution is 2.32. The summed E-state index contributed by atoms with van der Waals surface area (Å²) in [6.07, 6.45) is 1.11. The van der Waals surface area contributed by atoms with Crippen molar-refractivity contribution in [3.8, 4) is 11.1 Å². The van der Waals surface area contributed by atoms with E-state index in [1.807, 2.05) is 37.3 Å². The first-order valence-electron chi connectivity index (χ1n) is 7.26. The summed E-state index contributed by atoms with van der Waals surface area (Å²) in [5.41, 5.74) is 2.75. The van der Waals surface area contributed by atoms with Crippen molar-refractivity contribution in [1.82, 2.24) is 0 Å². The molecule has 1 aliphatic heterocycles. The largest absolute Gasteiger partial charge is 0.477 e. The summed E-state index contributed by atoms with van der Waals surface area (Å²) in [7, 11) is 0. The van der Waals surface area contributed by atoms with Gasteiger partial charge in [-0.15, -0.1) is 11.3 Å². The molecule has 0 amide bonds. The predicted octanol–water partition coefficient (Wildman–Crippen LogP) is 3.73. The Kier molecular flexibility index (Phi) is 4.57. The van der Waals surface area contributed by atoms with E-state index in [2.05, 4.69) is 0 Å². The van der Waals surface area contributed by atoms with Gasteiger partial charge in [-0.1, -0.05) is 18.2 Å². The van der Waals surface area contributed by atoms with Crippen molar-refractivity contribution in [3.05, 3.63) is 45.6 Å². The maximum atomic E-state index is 11.4. The van der Waals surface area contributed by atoms with Crippen LogP contribution in [0.4, 0.5) is 0 Å². The number of benzene rings is 1. The van der Waals surface area contributed by atoms with Crippen LogP contribution in [0.3, 0.4) is 0 Å². The topological polar surface area (TPSA) is 55.8 Å². The number of carbonyl (C=O) groups is 1. The fraction of sp³-hybridized carbons (Fsp3) is 0.353. The van der Waals surface area contributed by atoms with Gasteiger partial charge in [0.25, 0.3) is 0 Å². The van der Waals surface area contributed by atoms with Crippen LogP contribution in [0.1, 0.15) is 26.5 Å². The molecule has 2 heterocycles. The van der Waals surface area contributed by atoms with E-state index < -0.39 is 5.97 Å². The molecule has 1 aromatic heterocycles. The lowest BCUT2D eigenvalue weighted by Crippen LogP contribution is -2.11. The molecule has 2 aromatic rings. The van der Waals surface area contributed by atoms with Crippen molar-refractivity contribution < 1.29 is 19.4 Å². The van der Waals surface area contributed by atoms with E-state index in [0.717, 1.165) is 34.6 Å². The third-order valence-electron chi connectivity index (χ3n) is 3.66. The number of carboxylic acid groups (broad SMARTS) is 1. The Hall–Kier alpha value is -1.69. The van der Waals surface area contributed by atoms with Gasteiger partial charge in [0, 0.05) is 17.0 Å². The zero-order valence-electron chi connectivity index (χ0n) is 12.4. The number of aryl methyl sites for hydroxylation is 1. The van der Waals surface area contributed by atoms with E-state index in [9.17, 15) is 9.90 Å². The molecule has 1 aliphatic rings. The fourth-order valence-electron chi connectivity index (χ4n) is 2.57. The number of rotatable bonds is 5. The molecular weight excluding hydrogens is 300 g/mol. The second kappa shape index (κ2) is 6.60. The highest BCUT2D eigenvalue weighted by Gasteiger charge is 2.17. The van der Waals surface area contributed by atoms with Gasteiger partial charge >= 0.3 is 5.97 Å². The highest BCUT2D eigenvalue weighted by molar-refractivity contribution is 7.14. The van der Waals surface area contributed by atoms with Crippen LogP contribution in [0.25, 0.3) is 11.1 Å². The molecule has 5 heteroatoms. The molecule has 0 radical (unpaired) electrons. The summed E-state index contributed by atoms with van der Waals surface area (Å²) in [4.78, 5) is 12.8. The Morgan fingerprint density at radius 2 is 2.32 bits per heavy atom. The van der Waals surface area contributed by atoms with Crippen LogP contribution in [0.2, 0.25) is 0 Å². The number of ether oxygens (including phenoxy) is 2. The van der Waals surface area contributed by atoms with E-state index in [-0.39, 0.29) is 6.10 Å². The smallest absolute Gasteiger partial charge is 0.346 e. The molecule has 22 heavy (non-hydrogen) atoms. The third kappa shape index (κ3) is 3.38.